The van der Waals surface area contributed by atoms with Crippen molar-refractivity contribution in [2.75, 3.05) is 7.11 Å². The van der Waals surface area contributed by atoms with Crippen molar-refractivity contribution in [2.24, 2.45) is 12.2 Å². The number of nitrogens with zero attached hydrogens (tertiary/aromatic N) is 3. The maximum Gasteiger partial charge on any atom is 0.343 e. The zero-order chi connectivity index (χ0) is 24.5. The number of esters is 1. The first-order valence-electron chi connectivity index (χ1n) is 10.7. The Bertz CT molecular complexity index is 1570. The van der Waals surface area contributed by atoms with E-state index >= 15 is 0 Å². The number of aryl methyl sites for hydroxylation is 1. The number of aromatic nitrogens is 2. The summed E-state index contributed by atoms with van der Waals surface area (Å²) in [6.07, 6.45) is -0.00298. The van der Waals surface area contributed by atoms with Crippen LogP contribution in [0.2, 0.25) is 0 Å². The third kappa shape index (κ3) is 2.75. The highest BCUT2D eigenvalue weighted by atomic mass is 19.1. The molecule has 0 saturated carbocycles. The van der Waals surface area contributed by atoms with E-state index in [1.165, 1.54) is 23.8 Å². The first-order chi connectivity index (χ1) is 16.1. The predicted molar refractivity (Wildman–Crippen MR) is 121 cm³/mol. The summed E-state index contributed by atoms with van der Waals surface area (Å²) in [4.78, 5) is 44.2. The second kappa shape index (κ2) is 7.36. The zero-order valence-corrected chi connectivity index (χ0v) is 19.1. The van der Waals surface area contributed by atoms with Gasteiger partial charge in [-0.25, -0.2) is 9.18 Å². The first-order valence-corrected chi connectivity index (χ1v) is 10.7. The van der Waals surface area contributed by atoms with Crippen molar-refractivity contribution in [2.45, 2.75) is 39.0 Å². The van der Waals surface area contributed by atoms with E-state index < -0.39 is 28.4 Å². The van der Waals surface area contributed by atoms with E-state index in [0.717, 1.165) is 6.07 Å². The number of fused-ring (bicyclic) bond motifs is 5. The van der Waals surface area contributed by atoms with Crippen molar-refractivity contribution in [1.82, 2.24) is 9.13 Å². The average molecular weight is 467 g/mol. The molecule has 1 atom stereocenters. The van der Waals surface area contributed by atoms with Crippen LogP contribution in [0.5, 0.6) is 0 Å². The van der Waals surface area contributed by atoms with Crippen LogP contribution < -0.4 is 11.0 Å². The zero-order valence-electron chi connectivity index (χ0n) is 19.1. The summed E-state index contributed by atoms with van der Waals surface area (Å²) < 4.78 is 22.8. The summed E-state index contributed by atoms with van der Waals surface area (Å²) in [5.74, 6) is -1.45. The number of oxime groups is 1. The maximum atomic E-state index is 14.6. The molecule has 0 radical (unpaired) electrons. The molecule has 2 aliphatic heterocycles. The number of ether oxygens (including phenoxy) is 1. The molecule has 10 heteroatoms. The minimum atomic E-state index is -1.99. The molecule has 0 aliphatic carbocycles. The van der Waals surface area contributed by atoms with Gasteiger partial charge in [0.1, 0.15) is 19.5 Å². The molecule has 9 nitrogen and oxygen atoms in total. The third-order valence-corrected chi connectivity index (χ3v) is 6.80. The summed E-state index contributed by atoms with van der Waals surface area (Å²) in [5.41, 5.74) is -0.306. The lowest BCUT2D eigenvalue weighted by atomic mass is 9.85. The fourth-order valence-corrected chi connectivity index (χ4v) is 5.03. The molecule has 0 spiro atoms. The number of benzene rings is 1. The molecular formula is C24H22FN3O6. The van der Waals surface area contributed by atoms with E-state index in [4.69, 9.17) is 9.57 Å². The van der Waals surface area contributed by atoms with Crippen molar-refractivity contribution in [3.63, 3.8) is 0 Å². The minimum absolute atomic E-state index is 0.00298. The summed E-state index contributed by atoms with van der Waals surface area (Å²) in [6, 6.07) is 3.95. The van der Waals surface area contributed by atoms with Gasteiger partial charge in [-0.05, 0) is 31.5 Å². The second-order valence-electron chi connectivity index (χ2n) is 8.52. The topological polar surface area (TPSA) is 112 Å². The molecular weight excluding hydrogens is 445 g/mol. The number of rotatable bonds is 3. The van der Waals surface area contributed by atoms with Crippen LogP contribution in [0.25, 0.3) is 22.2 Å². The quantitative estimate of drug-likeness (QED) is 0.280. The van der Waals surface area contributed by atoms with Crippen molar-refractivity contribution >= 4 is 22.6 Å². The molecule has 5 rings (SSSR count). The van der Waals surface area contributed by atoms with Crippen LogP contribution in [0.3, 0.4) is 0 Å². The van der Waals surface area contributed by atoms with Gasteiger partial charge in [0.2, 0.25) is 0 Å². The molecule has 176 valence electrons. The van der Waals surface area contributed by atoms with Crippen molar-refractivity contribution in [1.29, 1.82) is 0 Å². The number of hydrogen-bond donors (Lipinski definition) is 1. The van der Waals surface area contributed by atoms with Gasteiger partial charge >= 0.3 is 5.97 Å². The second-order valence-corrected chi connectivity index (χ2v) is 8.52. The molecule has 1 aromatic carbocycles. The van der Waals surface area contributed by atoms with Crippen LogP contribution in [0.15, 0.2) is 32.9 Å². The van der Waals surface area contributed by atoms with E-state index in [-0.39, 0.29) is 47.3 Å². The molecule has 0 amide bonds. The molecule has 4 heterocycles. The van der Waals surface area contributed by atoms with Crippen LogP contribution in [0.4, 0.5) is 4.39 Å². The molecule has 1 N–H and O–H groups in total. The number of halogens is 1. The standard InChI is InChI=1S/C24H22FN3O6/c1-5-24(32)16-8-17-19-18(9-28(17)22(30)15(16)10-34-23(24)31)27(3)20-13(11(2)26-33-4)6-12(25)7-14(20)21(19)29/h6-8,32H,5,9-10H2,1-4H3/b26-11+/t24-/m0/s1. The van der Waals surface area contributed by atoms with Gasteiger partial charge in [0.05, 0.1) is 40.3 Å². The van der Waals surface area contributed by atoms with Gasteiger partial charge in [-0.1, -0.05) is 12.1 Å². The number of cyclic esters (lactones) is 1. The fourth-order valence-electron chi connectivity index (χ4n) is 5.03. The Kier molecular flexibility index (Phi) is 4.77. The SMILES string of the molecule is CC[C@@]1(O)C(=O)OCc2c1cc1n(c2=O)Cc2c-1c(=O)c1cc(F)cc(/C(C)=N/OC)c1n2C. The van der Waals surface area contributed by atoms with E-state index in [1.54, 1.807) is 25.5 Å². The summed E-state index contributed by atoms with van der Waals surface area (Å²) in [6.45, 7) is 3.09. The Morgan fingerprint density at radius 3 is 2.71 bits per heavy atom. The number of hydrogen-bond acceptors (Lipinski definition) is 7. The van der Waals surface area contributed by atoms with E-state index in [9.17, 15) is 23.9 Å². The van der Waals surface area contributed by atoms with Crippen molar-refractivity contribution in [3.05, 3.63) is 67.0 Å². The molecule has 2 aliphatic rings. The lowest BCUT2D eigenvalue weighted by Crippen LogP contribution is -2.44. The Morgan fingerprint density at radius 1 is 1.29 bits per heavy atom. The van der Waals surface area contributed by atoms with E-state index in [2.05, 4.69) is 5.16 Å². The minimum Gasteiger partial charge on any atom is -0.458 e. The molecule has 0 bridgehead atoms. The molecule has 0 saturated heterocycles. The summed E-state index contributed by atoms with van der Waals surface area (Å²) in [5, 5.41) is 15.0. The van der Waals surface area contributed by atoms with Crippen molar-refractivity contribution < 1.29 is 23.9 Å². The van der Waals surface area contributed by atoms with Gasteiger partial charge in [0.15, 0.2) is 11.0 Å². The molecule has 34 heavy (non-hydrogen) atoms. The normalized spacial score (nSPS) is 19.0. The Balaban J connectivity index is 1.88. The molecule has 0 unspecified atom stereocenters. The van der Waals surface area contributed by atoms with Gasteiger partial charge < -0.3 is 23.8 Å². The molecule has 0 fully saturated rings. The number of carbonyl (C=O) groups excluding carboxylic acids is 1. The van der Waals surface area contributed by atoms with Crippen LogP contribution in [0.1, 0.15) is 42.7 Å². The largest absolute Gasteiger partial charge is 0.458 e. The predicted octanol–water partition coefficient (Wildman–Crippen LogP) is 1.89. The van der Waals surface area contributed by atoms with E-state index in [1.807, 2.05) is 0 Å². The van der Waals surface area contributed by atoms with Crippen LogP contribution >= 0.6 is 0 Å². The van der Waals surface area contributed by atoms with Crippen LogP contribution in [-0.4, -0.2) is 33.0 Å². The van der Waals surface area contributed by atoms with Gasteiger partial charge in [-0.3, -0.25) is 9.59 Å². The van der Waals surface area contributed by atoms with E-state index in [0.29, 0.717) is 22.5 Å². The van der Waals surface area contributed by atoms with Gasteiger partial charge in [0, 0.05) is 23.6 Å². The Hall–Kier alpha value is -3.79. The lowest BCUT2D eigenvalue weighted by molar-refractivity contribution is -0.172. The highest BCUT2D eigenvalue weighted by molar-refractivity contribution is 6.09. The number of pyridine rings is 2. The number of carbonyl (C=O) groups is 1. The third-order valence-electron chi connectivity index (χ3n) is 6.80. The first kappa shape index (κ1) is 22.0. The Labute approximate surface area is 192 Å². The number of aliphatic hydroxyl groups is 1. The van der Waals surface area contributed by atoms with Crippen molar-refractivity contribution in [3.8, 4) is 11.3 Å². The monoisotopic (exact) mass is 467 g/mol. The van der Waals surface area contributed by atoms with Crippen LogP contribution in [0, 0.1) is 5.82 Å². The van der Waals surface area contributed by atoms with Gasteiger partial charge in [-0.2, -0.15) is 0 Å². The Morgan fingerprint density at radius 2 is 2.03 bits per heavy atom. The van der Waals surface area contributed by atoms with Gasteiger partial charge in [-0.15, -0.1) is 0 Å². The highest BCUT2D eigenvalue weighted by Crippen LogP contribution is 2.38. The average Bonchev–Trinajstić information content (AvgIpc) is 3.20. The lowest BCUT2D eigenvalue weighted by Gasteiger charge is -2.31. The van der Waals surface area contributed by atoms with Gasteiger partial charge in [0.25, 0.3) is 5.56 Å². The highest BCUT2D eigenvalue weighted by Gasteiger charge is 2.45. The summed E-state index contributed by atoms with van der Waals surface area (Å²) in [7, 11) is 3.10. The maximum absolute atomic E-state index is 14.6. The molecule has 3 aromatic rings. The smallest absolute Gasteiger partial charge is 0.343 e. The summed E-state index contributed by atoms with van der Waals surface area (Å²) >= 11 is 0. The fraction of sp³-hybridized carbons (Fsp3) is 0.333. The van der Waals surface area contributed by atoms with Crippen LogP contribution in [-0.2, 0) is 40.2 Å². The molecule has 2 aromatic heterocycles.